The first-order chi connectivity index (χ1) is 7.50. The molecule has 0 aromatic carbocycles. The molecule has 3 unspecified atom stereocenters. The number of hydrogen-bond acceptors (Lipinski definition) is 3. The number of ether oxygens (including phenoxy) is 1. The minimum Gasteiger partial charge on any atom is -0.363 e. The van der Waals surface area contributed by atoms with E-state index in [1.54, 1.807) is 0 Å². The van der Waals surface area contributed by atoms with E-state index in [1.807, 2.05) is 4.90 Å². The molecule has 0 saturated carbocycles. The first kappa shape index (κ1) is 11.9. The van der Waals surface area contributed by atoms with Crippen molar-refractivity contribution in [2.45, 2.75) is 51.9 Å². The summed E-state index contributed by atoms with van der Waals surface area (Å²) in [6, 6.07) is 1.29. The summed E-state index contributed by atoms with van der Waals surface area (Å²) in [5, 5.41) is 0. The molecule has 0 aliphatic carbocycles. The van der Waals surface area contributed by atoms with Crippen LogP contribution in [0.5, 0.6) is 0 Å². The van der Waals surface area contributed by atoms with Crippen molar-refractivity contribution >= 4 is 5.91 Å². The molecular weight excluding hydrogens is 204 g/mol. The van der Waals surface area contributed by atoms with E-state index < -0.39 is 0 Å². The van der Waals surface area contributed by atoms with Gasteiger partial charge < -0.3 is 9.64 Å². The Bertz CT molecular complexity index is 276. The van der Waals surface area contributed by atoms with E-state index in [2.05, 4.69) is 32.6 Å². The van der Waals surface area contributed by atoms with E-state index in [0.29, 0.717) is 24.7 Å². The maximum atomic E-state index is 12.0. The second-order valence-electron chi connectivity index (χ2n) is 5.30. The lowest BCUT2D eigenvalue weighted by Crippen LogP contribution is -2.60. The van der Waals surface area contributed by atoms with Gasteiger partial charge in [0, 0.05) is 31.2 Å². The number of hydrogen-bond donors (Lipinski definition) is 0. The quantitative estimate of drug-likeness (QED) is 0.651. The number of piperazine rings is 1. The zero-order chi connectivity index (χ0) is 11.9. The largest absolute Gasteiger partial charge is 0.363 e. The van der Waals surface area contributed by atoms with E-state index >= 15 is 0 Å². The molecule has 92 valence electrons. The van der Waals surface area contributed by atoms with Gasteiger partial charge in [-0.25, -0.2) is 0 Å². The molecule has 0 N–H and O–H groups in total. The standard InChI is InChI=1S/C12H22N2O2/c1-8(2)13-5-10(4)14(6-9(13)3)12(15)11-7-16-11/h8-11H,5-7H2,1-4H3. The summed E-state index contributed by atoms with van der Waals surface area (Å²) in [5.41, 5.74) is 0. The Hall–Kier alpha value is -0.610. The number of rotatable bonds is 2. The molecule has 2 saturated heterocycles. The Morgan fingerprint density at radius 1 is 1.25 bits per heavy atom. The number of carbonyl (C=O) groups is 1. The van der Waals surface area contributed by atoms with Crippen LogP contribution in [-0.4, -0.2) is 59.6 Å². The Labute approximate surface area is 97.5 Å². The Balaban J connectivity index is 2.00. The molecule has 16 heavy (non-hydrogen) atoms. The molecule has 0 aromatic heterocycles. The predicted octanol–water partition coefficient (Wildman–Crippen LogP) is 0.715. The van der Waals surface area contributed by atoms with Crippen LogP contribution in [-0.2, 0) is 9.53 Å². The van der Waals surface area contributed by atoms with Crippen molar-refractivity contribution in [2.75, 3.05) is 19.7 Å². The smallest absolute Gasteiger partial charge is 0.254 e. The minimum atomic E-state index is -0.139. The Morgan fingerprint density at radius 2 is 1.88 bits per heavy atom. The van der Waals surface area contributed by atoms with Crippen molar-refractivity contribution in [1.29, 1.82) is 0 Å². The highest BCUT2D eigenvalue weighted by atomic mass is 16.6. The van der Waals surface area contributed by atoms with Crippen LogP contribution in [0.25, 0.3) is 0 Å². The van der Waals surface area contributed by atoms with Crippen LogP contribution in [0, 0.1) is 0 Å². The van der Waals surface area contributed by atoms with Crippen LogP contribution in [0.15, 0.2) is 0 Å². The number of carbonyl (C=O) groups excluding carboxylic acids is 1. The van der Waals surface area contributed by atoms with E-state index in [4.69, 9.17) is 4.74 Å². The van der Waals surface area contributed by atoms with Gasteiger partial charge in [0.1, 0.15) is 0 Å². The molecule has 0 aromatic rings. The van der Waals surface area contributed by atoms with Gasteiger partial charge in [0.2, 0.25) is 0 Å². The predicted molar refractivity (Wildman–Crippen MR) is 62.2 cm³/mol. The summed E-state index contributed by atoms with van der Waals surface area (Å²) in [6.07, 6.45) is -0.139. The van der Waals surface area contributed by atoms with Crippen LogP contribution >= 0.6 is 0 Å². The maximum Gasteiger partial charge on any atom is 0.254 e. The van der Waals surface area contributed by atoms with Gasteiger partial charge in [0.25, 0.3) is 5.91 Å². The lowest BCUT2D eigenvalue weighted by Gasteiger charge is -2.45. The van der Waals surface area contributed by atoms with Crippen LogP contribution in [0.1, 0.15) is 27.7 Å². The minimum absolute atomic E-state index is 0.139. The summed E-state index contributed by atoms with van der Waals surface area (Å²) < 4.78 is 5.08. The summed E-state index contributed by atoms with van der Waals surface area (Å²) in [4.78, 5) is 16.4. The first-order valence-corrected chi connectivity index (χ1v) is 6.18. The highest BCUT2D eigenvalue weighted by Gasteiger charge is 2.40. The average molecular weight is 226 g/mol. The van der Waals surface area contributed by atoms with Crippen molar-refractivity contribution in [1.82, 2.24) is 9.80 Å². The van der Waals surface area contributed by atoms with Crippen LogP contribution in [0.3, 0.4) is 0 Å². The fraction of sp³-hybridized carbons (Fsp3) is 0.917. The van der Waals surface area contributed by atoms with E-state index in [1.165, 1.54) is 0 Å². The van der Waals surface area contributed by atoms with Crippen molar-refractivity contribution in [3.63, 3.8) is 0 Å². The summed E-state index contributed by atoms with van der Waals surface area (Å²) >= 11 is 0. The first-order valence-electron chi connectivity index (χ1n) is 6.18. The highest BCUT2D eigenvalue weighted by molar-refractivity contribution is 5.83. The second-order valence-corrected chi connectivity index (χ2v) is 5.30. The van der Waals surface area contributed by atoms with Crippen molar-refractivity contribution in [2.24, 2.45) is 0 Å². The van der Waals surface area contributed by atoms with Gasteiger partial charge in [-0.1, -0.05) is 0 Å². The van der Waals surface area contributed by atoms with Gasteiger partial charge in [0.15, 0.2) is 6.10 Å². The van der Waals surface area contributed by atoms with E-state index in [-0.39, 0.29) is 12.0 Å². The molecule has 2 aliphatic heterocycles. The Kier molecular flexibility index (Phi) is 3.22. The fourth-order valence-electron chi connectivity index (χ4n) is 2.56. The fourth-order valence-corrected chi connectivity index (χ4v) is 2.56. The molecule has 0 bridgehead atoms. The molecule has 4 nitrogen and oxygen atoms in total. The third-order valence-electron chi connectivity index (χ3n) is 3.59. The molecule has 2 heterocycles. The molecule has 0 spiro atoms. The van der Waals surface area contributed by atoms with Crippen molar-refractivity contribution in [3.05, 3.63) is 0 Å². The third-order valence-corrected chi connectivity index (χ3v) is 3.59. The van der Waals surface area contributed by atoms with Crippen molar-refractivity contribution < 1.29 is 9.53 Å². The van der Waals surface area contributed by atoms with Crippen LogP contribution in [0.2, 0.25) is 0 Å². The van der Waals surface area contributed by atoms with Gasteiger partial charge in [0.05, 0.1) is 6.61 Å². The summed E-state index contributed by atoms with van der Waals surface area (Å²) in [5.74, 6) is 0.183. The second kappa shape index (κ2) is 4.34. The zero-order valence-electron chi connectivity index (χ0n) is 10.6. The van der Waals surface area contributed by atoms with Gasteiger partial charge in [-0.05, 0) is 27.7 Å². The molecule has 2 rings (SSSR count). The lowest BCUT2D eigenvalue weighted by molar-refractivity contribution is -0.139. The molecule has 2 fully saturated rings. The number of nitrogens with zero attached hydrogens (tertiary/aromatic N) is 2. The summed E-state index contributed by atoms with van der Waals surface area (Å²) in [6.45, 7) is 11.2. The van der Waals surface area contributed by atoms with Gasteiger partial charge >= 0.3 is 0 Å². The van der Waals surface area contributed by atoms with Crippen LogP contribution in [0.4, 0.5) is 0 Å². The normalized spacial score (nSPS) is 35.6. The molecule has 3 atom stereocenters. The molecule has 1 amide bonds. The van der Waals surface area contributed by atoms with Gasteiger partial charge in [-0.3, -0.25) is 9.69 Å². The SMILES string of the molecule is CC1CN(C(C)C)C(C)CN1C(=O)C1CO1. The Morgan fingerprint density at radius 3 is 2.38 bits per heavy atom. The van der Waals surface area contributed by atoms with E-state index in [9.17, 15) is 4.79 Å². The zero-order valence-corrected chi connectivity index (χ0v) is 10.6. The third kappa shape index (κ3) is 2.23. The molecule has 2 aliphatic rings. The number of epoxide rings is 1. The van der Waals surface area contributed by atoms with Crippen molar-refractivity contribution in [3.8, 4) is 0 Å². The lowest BCUT2D eigenvalue weighted by atomic mass is 10.1. The van der Waals surface area contributed by atoms with Gasteiger partial charge in [-0.2, -0.15) is 0 Å². The topological polar surface area (TPSA) is 36.1 Å². The van der Waals surface area contributed by atoms with Gasteiger partial charge in [-0.15, -0.1) is 0 Å². The summed E-state index contributed by atoms with van der Waals surface area (Å²) in [7, 11) is 0. The van der Waals surface area contributed by atoms with Crippen LogP contribution < -0.4 is 0 Å². The monoisotopic (exact) mass is 226 g/mol. The maximum absolute atomic E-state index is 12.0. The number of amides is 1. The van der Waals surface area contributed by atoms with E-state index in [0.717, 1.165) is 13.1 Å². The average Bonchev–Trinajstić information content (AvgIpc) is 3.03. The molecular formula is C12H22N2O2. The molecule has 4 heteroatoms. The highest BCUT2D eigenvalue weighted by Crippen LogP contribution is 2.21. The molecule has 0 radical (unpaired) electrons.